The van der Waals surface area contributed by atoms with Crippen molar-refractivity contribution in [3.63, 3.8) is 0 Å². The summed E-state index contributed by atoms with van der Waals surface area (Å²) in [5.41, 5.74) is 5.71. The Bertz CT molecular complexity index is 734. The Morgan fingerprint density at radius 3 is 1.21 bits per heavy atom. The van der Waals surface area contributed by atoms with E-state index in [0.29, 0.717) is 35.5 Å². The number of rotatable bonds is 6. The third-order valence-electron chi connectivity index (χ3n) is 4.94. The molecule has 7 nitrogen and oxygen atoms in total. The average molecular weight is 494 g/mol. The van der Waals surface area contributed by atoms with E-state index in [1.807, 2.05) is 0 Å². The highest BCUT2D eigenvalue weighted by Gasteiger charge is 2.15. The quantitative estimate of drug-likeness (QED) is 0.379. The Balaban J connectivity index is 0.000000247. The lowest BCUT2D eigenvalue weighted by atomic mass is 10.0. The van der Waals surface area contributed by atoms with Crippen LogP contribution in [0.15, 0.2) is 0 Å². The van der Waals surface area contributed by atoms with Gasteiger partial charge in [-0.3, -0.25) is 0 Å². The fraction of sp³-hybridized carbons (Fsp3) is 0.750. The number of H-pyrrole nitrogens is 1. The molecule has 0 aliphatic carbocycles. The van der Waals surface area contributed by atoms with Crippen molar-refractivity contribution >= 4 is 23.3 Å². The van der Waals surface area contributed by atoms with Crippen LogP contribution in [0.4, 0.5) is 0 Å². The molecule has 0 saturated carbocycles. The maximum atomic E-state index is 4.27. The Morgan fingerprint density at radius 2 is 0.909 bits per heavy atom. The second-order valence-corrected chi connectivity index (χ2v) is 11.4. The maximum Gasteiger partial charge on any atom is 0.0884 e. The lowest BCUT2D eigenvalue weighted by Crippen LogP contribution is -1.96. The number of nitrogens with one attached hydrogen (secondary N) is 1. The van der Waals surface area contributed by atoms with Gasteiger partial charge in [0.2, 0.25) is 0 Å². The molecule has 0 spiro atoms. The van der Waals surface area contributed by atoms with Crippen LogP contribution in [0.2, 0.25) is 0 Å². The van der Waals surface area contributed by atoms with E-state index in [0.717, 1.165) is 11.4 Å². The van der Waals surface area contributed by atoms with Crippen LogP contribution in [0.25, 0.3) is 0 Å². The predicted molar refractivity (Wildman–Crippen MR) is 141 cm³/mol. The van der Waals surface area contributed by atoms with E-state index in [1.165, 1.54) is 45.2 Å². The molecule has 1 N–H and O–H groups in total. The summed E-state index contributed by atoms with van der Waals surface area (Å²) in [4.78, 5) is 1.33. The van der Waals surface area contributed by atoms with Crippen LogP contribution in [0, 0.1) is 0 Å². The number of nitrogens with zero attached hydrogens (tertiary/aromatic N) is 6. The van der Waals surface area contributed by atoms with Crippen LogP contribution in [-0.2, 0) is 0 Å². The summed E-state index contributed by atoms with van der Waals surface area (Å²) in [6.45, 7) is 25.8. The number of hydrogen-bond acceptors (Lipinski definition) is 8. The predicted octanol–water partition coefficient (Wildman–Crippen LogP) is 7.62. The molecule has 0 radical (unpaired) electrons. The lowest BCUT2D eigenvalue weighted by molar-refractivity contribution is 0.759. The first-order chi connectivity index (χ1) is 15.4. The van der Waals surface area contributed by atoms with Gasteiger partial charge >= 0.3 is 0 Å². The lowest BCUT2D eigenvalue weighted by Gasteiger charge is -2.05. The summed E-state index contributed by atoms with van der Waals surface area (Å²) < 4.78 is 12.5. The van der Waals surface area contributed by atoms with Crippen LogP contribution in [0.1, 0.15) is 152 Å². The van der Waals surface area contributed by atoms with Crippen LogP contribution in [0.3, 0.4) is 0 Å². The minimum absolute atomic E-state index is 0.464. The van der Waals surface area contributed by atoms with Crippen molar-refractivity contribution in [2.45, 2.75) is 119 Å². The molecule has 0 unspecified atom stereocenters. The van der Waals surface area contributed by atoms with Crippen LogP contribution in [0.5, 0.6) is 0 Å². The van der Waals surface area contributed by atoms with Crippen LogP contribution >= 0.6 is 23.3 Å². The first-order valence-corrected chi connectivity index (χ1v) is 13.4. The van der Waals surface area contributed by atoms with E-state index in [2.05, 4.69) is 117 Å². The molecule has 3 aromatic rings. The Labute approximate surface area is 208 Å². The summed E-state index contributed by atoms with van der Waals surface area (Å²) >= 11 is 2.85. The first kappa shape index (κ1) is 29.3. The van der Waals surface area contributed by atoms with Crippen molar-refractivity contribution < 1.29 is 0 Å². The molecule has 0 aromatic carbocycles. The Morgan fingerprint density at radius 1 is 0.515 bits per heavy atom. The molecule has 0 aliphatic rings. The molecule has 3 aromatic heterocycles. The van der Waals surface area contributed by atoms with Gasteiger partial charge in [-0.2, -0.15) is 24.2 Å². The number of aromatic nitrogens is 7. The SMILES string of the molecule is CC(C)c1n[nH]nc1C(C)C.CC(C)c1nnsc1C(C)C.CC(C)c1nsnc1C(C)C. The summed E-state index contributed by atoms with van der Waals surface area (Å²) in [5, 5.41) is 15.0. The van der Waals surface area contributed by atoms with Gasteiger partial charge in [-0.1, -0.05) is 87.6 Å². The van der Waals surface area contributed by atoms with Gasteiger partial charge in [-0.05, 0) is 47.0 Å². The van der Waals surface area contributed by atoms with E-state index >= 15 is 0 Å². The van der Waals surface area contributed by atoms with Crippen LogP contribution < -0.4 is 0 Å². The molecule has 0 bridgehead atoms. The van der Waals surface area contributed by atoms with Gasteiger partial charge < -0.3 is 0 Å². The van der Waals surface area contributed by atoms with Crippen LogP contribution in [-0.4, -0.2) is 33.7 Å². The normalized spacial score (nSPS) is 11.5. The summed E-state index contributed by atoms with van der Waals surface area (Å²) in [6.07, 6.45) is 0. The first-order valence-electron chi connectivity index (χ1n) is 11.9. The fourth-order valence-corrected chi connectivity index (χ4v) is 4.73. The molecule has 0 fully saturated rings. The van der Waals surface area contributed by atoms with Crippen molar-refractivity contribution in [2.75, 3.05) is 0 Å². The molecule has 0 saturated heterocycles. The molecule has 3 heterocycles. The number of hydrogen-bond donors (Lipinski definition) is 1. The zero-order chi connectivity index (χ0) is 25.3. The molecular weight excluding hydrogens is 450 g/mol. The van der Waals surface area contributed by atoms with Gasteiger partial charge in [-0.25, -0.2) is 0 Å². The zero-order valence-corrected chi connectivity index (χ0v) is 24.1. The second-order valence-electron chi connectivity index (χ2n) is 10.1. The van der Waals surface area contributed by atoms with E-state index in [1.54, 1.807) is 0 Å². The molecule has 0 atom stereocenters. The fourth-order valence-electron chi connectivity index (χ4n) is 3.11. The van der Waals surface area contributed by atoms with Crippen molar-refractivity contribution in [1.82, 2.24) is 33.7 Å². The Kier molecular flexibility index (Phi) is 12.3. The number of aromatic amines is 1. The van der Waals surface area contributed by atoms with Gasteiger partial charge in [0.1, 0.15) is 0 Å². The van der Waals surface area contributed by atoms with Gasteiger partial charge in [0.25, 0.3) is 0 Å². The highest BCUT2D eigenvalue weighted by atomic mass is 32.1. The van der Waals surface area contributed by atoms with E-state index < -0.39 is 0 Å². The third-order valence-corrected chi connectivity index (χ3v) is 6.54. The van der Waals surface area contributed by atoms with Crippen molar-refractivity contribution in [2.24, 2.45) is 0 Å². The highest BCUT2D eigenvalue weighted by molar-refractivity contribution is 7.05. The molecule has 0 amide bonds. The topological polar surface area (TPSA) is 93.1 Å². The minimum Gasteiger partial charge on any atom is -0.197 e. The summed E-state index contributed by atoms with van der Waals surface area (Å²) in [6, 6.07) is 0. The summed E-state index contributed by atoms with van der Waals surface area (Å²) in [7, 11) is 0. The molecule has 186 valence electrons. The molecular formula is C24H43N7S2. The highest BCUT2D eigenvalue weighted by Crippen LogP contribution is 2.26. The molecule has 0 aliphatic heterocycles. The summed E-state index contributed by atoms with van der Waals surface area (Å²) in [5.74, 6) is 3.01. The van der Waals surface area contributed by atoms with E-state index in [4.69, 9.17) is 0 Å². The molecule has 9 heteroatoms. The van der Waals surface area contributed by atoms with Gasteiger partial charge in [0.05, 0.1) is 45.1 Å². The third kappa shape index (κ3) is 8.85. The smallest absolute Gasteiger partial charge is 0.0884 e. The largest absolute Gasteiger partial charge is 0.197 e. The Hall–Kier alpha value is -1.74. The van der Waals surface area contributed by atoms with Gasteiger partial charge in [0.15, 0.2) is 0 Å². The maximum absolute atomic E-state index is 4.27. The van der Waals surface area contributed by atoms with Crippen molar-refractivity contribution in [3.8, 4) is 0 Å². The average Bonchev–Trinajstić information content (AvgIpc) is 3.48. The molecule has 33 heavy (non-hydrogen) atoms. The zero-order valence-electron chi connectivity index (χ0n) is 22.5. The monoisotopic (exact) mass is 493 g/mol. The molecule has 3 rings (SSSR count). The van der Waals surface area contributed by atoms with Gasteiger partial charge in [0, 0.05) is 0 Å². The second kappa shape index (κ2) is 13.8. The van der Waals surface area contributed by atoms with E-state index in [-0.39, 0.29) is 0 Å². The minimum atomic E-state index is 0.464. The van der Waals surface area contributed by atoms with Crippen molar-refractivity contribution in [3.05, 3.63) is 33.3 Å². The van der Waals surface area contributed by atoms with Gasteiger partial charge in [-0.15, -0.1) is 5.10 Å². The van der Waals surface area contributed by atoms with Crippen molar-refractivity contribution in [1.29, 1.82) is 0 Å². The standard InChI is InChI=1S/C8H15N3.2C8H14N2S/c1-5(2)7-8(6(3)4)10-11-9-7;1-5(2)7-8(6(3)4)11-10-9-7;1-5(2)7-8(6(3)4)10-11-9-7/h5-6H,1-4H3,(H,9,10,11);2*5-6H,1-4H3. The van der Waals surface area contributed by atoms with E-state index in [9.17, 15) is 0 Å².